The largest absolute Gasteiger partial charge is 0.378 e. The van der Waals surface area contributed by atoms with Crippen molar-refractivity contribution in [2.24, 2.45) is 5.92 Å². The molecule has 0 radical (unpaired) electrons. The van der Waals surface area contributed by atoms with Crippen molar-refractivity contribution in [3.63, 3.8) is 0 Å². The number of hydrogen-bond acceptors (Lipinski definition) is 2. The molecular weight excluding hydrogens is 256 g/mol. The van der Waals surface area contributed by atoms with Gasteiger partial charge in [-0.2, -0.15) is 0 Å². The lowest BCUT2D eigenvalue weighted by Crippen LogP contribution is -2.37. The number of likely N-dealkylation sites (tertiary alicyclic amines) is 1. The van der Waals surface area contributed by atoms with Crippen LogP contribution >= 0.6 is 0 Å². The number of nitrogens with zero attached hydrogens (tertiary/aromatic N) is 2. The third kappa shape index (κ3) is 3.42. The summed E-state index contributed by atoms with van der Waals surface area (Å²) < 4.78 is 0. The third-order valence-electron chi connectivity index (χ3n) is 5.38. The lowest BCUT2D eigenvalue weighted by Gasteiger charge is -2.38. The molecule has 1 unspecified atom stereocenters. The van der Waals surface area contributed by atoms with Gasteiger partial charge < -0.3 is 4.90 Å². The first kappa shape index (κ1) is 14.9. The predicted molar refractivity (Wildman–Crippen MR) is 90.9 cm³/mol. The van der Waals surface area contributed by atoms with Gasteiger partial charge in [-0.15, -0.1) is 0 Å². The average molecular weight is 286 g/mol. The van der Waals surface area contributed by atoms with E-state index in [2.05, 4.69) is 48.2 Å². The van der Waals surface area contributed by atoms with Crippen molar-refractivity contribution in [1.82, 2.24) is 4.90 Å². The van der Waals surface area contributed by atoms with Crippen LogP contribution in [0.4, 0.5) is 5.69 Å². The van der Waals surface area contributed by atoms with Crippen LogP contribution in [0.15, 0.2) is 24.3 Å². The van der Waals surface area contributed by atoms with E-state index in [1.807, 2.05) is 0 Å². The van der Waals surface area contributed by atoms with Gasteiger partial charge in [-0.3, -0.25) is 4.90 Å². The molecule has 1 aromatic rings. The van der Waals surface area contributed by atoms with E-state index < -0.39 is 0 Å². The van der Waals surface area contributed by atoms with Crippen LogP contribution in [-0.4, -0.2) is 32.1 Å². The second-order valence-corrected chi connectivity index (χ2v) is 7.07. The minimum atomic E-state index is 0.670. The summed E-state index contributed by atoms with van der Waals surface area (Å²) in [6.07, 6.45) is 9.92. The summed E-state index contributed by atoms with van der Waals surface area (Å²) in [5.41, 5.74) is 2.86. The molecule has 2 fully saturated rings. The molecule has 2 nitrogen and oxygen atoms in total. The highest BCUT2D eigenvalue weighted by Crippen LogP contribution is 2.40. The van der Waals surface area contributed by atoms with Crippen LogP contribution < -0.4 is 4.90 Å². The Hall–Kier alpha value is -1.02. The monoisotopic (exact) mass is 286 g/mol. The van der Waals surface area contributed by atoms with Crippen molar-refractivity contribution >= 4 is 5.69 Å². The van der Waals surface area contributed by atoms with E-state index >= 15 is 0 Å². The predicted octanol–water partition coefficient (Wildman–Crippen LogP) is 4.47. The topological polar surface area (TPSA) is 6.48 Å². The molecule has 1 saturated carbocycles. The van der Waals surface area contributed by atoms with Gasteiger partial charge >= 0.3 is 0 Å². The summed E-state index contributed by atoms with van der Waals surface area (Å²) in [5, 5.41) is 0. The molecule has 1 heterocycles. The highest BCUT2D eigenvalue weighted by Gasteiger charge is 2.31. The minimum absolute atomic E-state index is 0.670. The van der Waals surface area contributed by atoms with Crippen LogP contribution in [0.3, 0.4) is 0 Å². The van der Waals surface area contributed by atoms with Gasteiger partial charge in [0.25, 0.3) is 0 Å². The fourth-order valence-corrected chi connectivity index (χ4v) is 4.22. The van der Waals surface area contributed by atoms with Gasteiger partial charge in [0.15, 0.2) is 0 Å². The van der Waals surface area contributed by atoms with Gasteiger partial charge in [0.2, 0.25) is 0 Å². The van der Waals surface area contributed by atoms with E-state index in [1.165, 1.54) is 63.7 Å². The van der Waals surface area contributed by atoms with Crippen molar-refractivity contribution in [3.8, 4) is 0 Å². The van der Waals surface area contributed by atoms with Gasteiger partial charge in [-0.25, -0.2) is 0 Å². The summed E-state index contributed by atoms with van der Waals surface area (Å²) in [4.78, 5) is 4.97. The summed E-state index contributed by atoms with van der Waals surface area (Å²) in [6, 6.07) is 10.0. The molecule has 0 bridgehead atoms. The Morgan fingerprint density at radius 1 is 0.905 bits per heavy atom. The zero-order valence-corrected chi connectivity index (χ0v) is 13.7. The second kappa shape index (κ2) is 6.83. The molecule has 2 aliphatic rings. The minimum Gasteiger partial charge on any atom is -0.378 e. The Morgan fingerprint density at radius 3 is 2.10 bits per heavy atom. The van der Waals surface area contributed by atoms with Crippen LogP contribution in [0, 0.1) is 5.92 Å². The maximum absolute atomic E-state index is 2.78. The number of piperidine rings is 1. The van der Waals surface area contributed by atoms with Gasteiger partial charge in [-0.1, -0.05) is 31.4 Å². The lowest BCUT2D eigenvalue weighted by molar-refractivity contribution is 0.117. The normalized spacial score (nSPS) is 22.4. The molecule has 0 N–H and O–H groups in total. The average Bonchev–Trinajstić information content (AvgIpc) is 3.03. The van der Waals surface area contributed by atoms with E-state index in [0.29, 0.717) is 6.04 Å². The van der Waals surface area contributed by atoms with Crippen molar-refractivity contribution in [1.29, 1.82) is 0 Å². The van der Waals surface area contributed by atoms with Crippen molar-refractivity contribution in [3.05, 3.63) is 29.8 Å². The molecule has 21 heavy (non-hydrogen) atoms. The van der Waals surface area contributed by atoms with Crippen LogP contribution in [0.2, 0.25) is 0 Å². The van der Waals surface area contributed by atoms with Gasteiger partial charge in [0.05, 0.1) is 0 Å². The van der Waals surface area contributed by atoms with Crippen LogP contribution in [0.1, 0.15) is 56.6 Å². The smallest absolute Gasteiger partial charge is 0.0376 e. The number of anilines is 1. The van der Waals surface area contributed by atoms with Crippen molar-refractivity contribution in [2.75, 3.05) is 32.1 Å². The molecule has 116 valence electrons. The van der Waals surface area contributed by atoms with Gasteiger partial charge in [-0.05, 0) is 62.4 Å². The van der Waals surface area contributed by atoms with E-state index in [4.69, 9.17) is 0 Å². The standard InChI is InChI=1S/C19H30N2/c1-20(2)18-12-10-17(11-13-18)19(16-8-4-5-9-16)21-14-6-3-7-15-21/h10-13,16,19H,3-9,14-15H2,1-2H3. The zero-order chi connectivity index (χ0) is 14.7. The summed E-state index contributed by atoms with van der Waals surface area (Å²) >= 11 is 0. The summed E-state index contributed by atoms with van der Waals surface area (Å²) in [6.45, 7) is 2.60. The molecule has 0 spiro atoms. The number of benzene rings is 1. The number of hydrogen-bond donors (Lipinski definition) is 0. The molecule has 1 atom stereocenters. The van der Waals surface area contributed by atoms with Crippen LogP contribution in [-0.2, 0) is 0 Å². The van der Waals surface area contributed by atoms with E-state index in [1.54, 1.807) is 5.56 Å². The van der Waals surface area contributed by atoms with E-state index in [-0.39, 0.29) is 0 Å². The molecule has 0 amide bonds. The van der Waals surface area contributed by atoms with Crippen molar-refractivity contribution < 1.29 is 0 Å². The van der Waals surface area contributed by atoms with Crippen LogP contribution in [0.25, 0.3) is 0 Å². The Labute approximate surface area is 130 Å². The SMILES string of the molecule is CN(C)c1ccc(C(C2CCCC2)N2CCCCC2)cc1. The molecule has 1 aromatic carbocycles. The Morgan fingerprint density at radius 2 is 1.52 bits per heavy atom. The maximum Gasteiger partial charge on any atom is 0.0376 e. The third-order valence-corrected chi connectivity index (χ3v) is 5.38. The summed E-state index contributed by atoms with van der Waals surface area (Å²) in [7, 11) is 4.24. The Balaban J connectivity index is 1.82. The highest BCUT2D eigenvalue weighted by molar-refractivity contribution is 5.46. The molecule has 2 heteroatoms. The molecular formula is C19H30N2. The second-order valence-electron chi connectivity index (χ2n) is 7.07. The maximum atomic E-state index is 2.78. The zero-order valence-electron chi connectivity index (χ0n) is 13.7. The van der Waals surface area contributed by atoms with Crippen molar-refractivity contribution in [2.45, 2.75) is 51.0 Å². The van der Waals surface area contributed by atoms with Crippen LogP contribution in [0.5, 0.6) is 0 Å². The molecule has 1 aliphatic carbocycles. The van der Waals surface area contributed by atoms with E-state index in [9.17, 15) is 0 Å². The first-order valence-electron chi connectivity index (χ1n) is 8.77. The first-order valence-corrected chi connectivity index (χ1v) is 8.77. The highest BCUT2D eigenvalue weighted by atomic mass is 15.2. The Bertz CT molecular complexity index is 425. The molecule has 3 rings (SSSR count). The lowest BCUT2D eigenvalue weighted by atomic mass is 9.88. The summed E-state index contributed by atoms with van der Waals surface area (Å²) in [5.74, 6) is 0.883. The fraction of sp³-hybridized carbons (Fsp3) is 0.684. The fourth-order valence-electron chi connectivity index (χ4n) is 4.22. The Kier molecular flexibility index (Phi) is 4.84. The molecule has 1 saturated heterocycles. The van der Waals surface area contributed by atoms with E-state index in [0.717, 1.165) is 5.92 Å². The molecule has 1 aliphatic heterocycles. The first-order chi connectivity index (χ1) is 10.3. The number of rotatable bonds is 4. The van der Waals surface area contributed by atoms with Gasteiger partial charge in [0.1, 0.15) is 0 Å². The molecule has 0 aromatic heterocycles. The van der Waals surface area contributed by atoms with Gasteiger partial charge in [0, 0.05) is 25.8 Å². The quantitative estimate of drug-likeness (QED) is 0.805.